The number of nitrogens with zero attached hydrogens (tertiary/aromatic N) is 1. The average molecular weight is 428 g/mol. The van der Waals surface area contributed by atoms with Crippen LogP contribution in [0, 0.1) is 11.1 Å². The predicted octanol–water partition coefficient (Wildman–Crippen LogP) is 1.12. The highest BCUT2D eigenvalue weighted by atomic mass is 16.5. The summed E-state index contributed by atoms with van der Waals surface area (Å²) in [6.07, 6.45) is 1.87. The van der Waals surface area contributed by atoms with E-state index >= 15 is 0 Å². The van der Waals surface area contributed by atoms with E-state index < -0.39 is 35.1 Å². The lowest BCUT2D eigenvalue weighted by molar-refractivity contribution is -0.622. The van der Waals surface area contributed by atoms with Gasteiger partial charge in [-0.3, -0.25) is 9.59 Å². The van der Waals surface area contributed by atoms with Crippen LogP contribution in [0.4, 0.5) is 0 Å². The SMILES string of the molecule is COc1c(C(=O)N[C@@H](Cc2c[nH]c3ccccc23)C(=O)O)[nH]c(=O)c(CC(C)C)[n+]1[O-]. The van der Waals surface area contributed by atoms with Gasteiger partial charge in [0.15, 0.2) is 0 Å². The molecule has 0 fully saturated rings. The molecule has 3 aromatic rings. The summed E-state index contributed by atoms with van der Waals surface area (Å²) in [7, 11) is 1.19. The van der Waals surface area contributed by atoms with Gasteiger partial charge in [-0.05, 0) is 17.5 Å². The first-order valence-electron chi connectivity index (χ1n) is 9.74. The maximum Gasteiger partial charge on any atom is 0.409 e. The van der Waals surface area contributed by atoms with Crippen LogP contribution in [-0.2, 0) is 17.6 Å². The number of hydrogen-bond donors (Lipinski definition) is 4. The van der Waals surface area contributed by atoms with Crippen molar-refractivity contribution in [1.82, 2.24) is 15.3 Å². The summed E-state index contributed by atoms with van der Waals surface area (Å²) in [5, 5.41) is 25.4. The number of amides is 1. The number of carbonyl (C=O) groups is 2. The van der Waals surface area contributed by atoms with E-state index in [0.717, 1.165) is 10.9 Å². The van der Waals surface area contributed by atoms with E-state index in [1.165, 1.54) is 7.11 Å². The summed E-state index contributed by atoms with van der Waals surface area (Å²) in [6.45, 7) is 3.68. The molecule has 4 N–H and O–H groups in total. The third-order valence-corrected chi connectivity index (χ3v) is 4.87. The van der Waals surface area contributed by atoms with Gasteiger partial charge >= 0.3 is 17.4 Å². The molecule has 0 unspecified atom stereocenters. The third kappa shape index (κ3) is 4.52. The summed E-state index contributed by atoms with van der Waals surface area (Å²) in [4.78, 5) is 42.4. The summed E-state index contributed by atoms with van der Waals surface area (Å²) < 4.78 is 5.33. The van der Waals surface area contributed by atoms with Crippen LogP contribution < -0.4 is 20.3 Å². The zero-order valence-corrected chi connectivity index (χ0v) is 17.4. The highest BCUT2D eigenvalue weighted by Gasteiger charge is 2.30. The fourth-order valence-corrected chi connectivity index (χ4v) is 3.41. The number of hydrogen-bond acceptors (Lipinski definition) is 5. The monoisotopic (exact) mass is 428 g/mol. The van der Waals surface area contributed by atoms with Crippen LogP contribution >= 0.6 is 0 Å². The second-order valence-electron chi connectivity index (χ2n) is 7.61. The number of nitrogens with one attached hydrogen (secondary N) is 3. The average Bonchev–Trinajstić information content (AvgIpc) is 3.13. The number of carbonyl (C=O) groups excluding carboxylic acids is 1. The summed E-state index contributed by atoms with van der Waals surface area (Å²) >= 11 is 0. The lowest BCUT2D eigenvalue weighted by Gasteiger charge is -2.16. The van der Waals surface area contributed by atoms with Crippen molar-refractivity contribution in [2.75, 3.05) is 7.11 Å². The van der Waals surface area contributed by atoms with E-state index in [9.17, 15) is 24.7 Å². The first-order valence-corrected chi connectivity index (χ1v) is 9.74. The number of benzene rings is 1. The highest BCUT2D eigenvalue weighted by molar-refractivity contribution is 5.96. The number of H-pyrrole nitrogens is 2. The van der Waals surface area contributed by atoms with Crippen LogP contribution in [-0.4, -0.2) is 40.1 Å². The number of carboxylic acid groups (broad SMARTS) is 1. The standard InChI is InChI=1S/C21H24N4O6/c1-11(2)8-16-18(26)24-17(20(31-3)25(16)30)19(27)23-15(21(28)29)9-12-10-22-14-7-5-4-6-13(12)14/h4-7,10-11,15,22H,8-9H2,1-3H3,(H,23,27)(H,24,26)(H,28,29)/t15-/m0/s1. The van der Waals surface area contributed by atoms with Gasteiger partial charge in [-0.2, -0.15) is 0 Å². The van der Waals surface area contributed by atoms with Crippen molar-refractivity contribution < 1.29 is 24.2 Å². The Labute approximate surface area is 177 Å². The van der Waals surface area contributed by atoms with Gasteiger partial charge in [0.2, 0.25) is 5.69 Å². The Kier molecular flexibility index (Phi) is 6.28. The fraction of sp³-hybridized carbons (Fsp3) is 0.333. The van der Waals surface area contributed by atoms with Gasteiger partial charge in [0.1, 0.15) is 6.04 Å². The largest absolute Gasteiger partial charge is 0.616 e. The van der Waals surface area contributed by atoms with Crippen LogP contribution in [0.25, 0.3) is 10.9 Å². The minimum absolute atomic E-state index is 0.000439. The van der Waals surface area contributed by atoms with E-state index in [1.54, 1.807) is 6.20 Å². The van der Waals surface area contributed by atoms with E-state index in [2.05, 4.69) is 15.3 Å². The van der Waals surface area contributed by atoms with E-state index in [1.807, 2.05) is 38.1 Å². The van der Waals surface area contributed by atoms with Gasteiger partial charge in [-0.25, -0.2) is 4.79 Å². The molecule has 0 aliphatic carbocycles. The van der Waals surface area contributed by atoms with Gasteiger partial charge in [0.05, 0.1) is 7.11 Å². The smallest absolute Gasteiger partial charge is 0.409 e. The molecule has 0 saturated carbocycles. The topological polar surface area (TPSA) is 151 Å². The van der Waals surface area contributed by atoms with Crippen LogP contribution in [0.5, 0.6) is 5.88 Å². The maximum atomic E-state index is 12.8. The summed E-state index contributed by atoms with van der Waals surface area (Å²) in [5.74, 6) is -2.56. The molecule has 31 heavy (non-hydrogen) atoms. The molecule has 0 spiro atoms. The molecule has 0 radical (unpaired) electrons. The first-order chi connectivity index (χ1) is 14.7. The lowest BCUT2D eigenvalue weighted by Crippen LogP contribution is -2.47. The first kappa shape index (κ1) is 21.9. The molecule has 0 aliphatic heterocycles. The summed E-state index contributed by atoms with van der Waals surface area (Å²) in [5.41, 5.74) is 0.303. The van der Waals surface area contributed by atoms with Crippen molar-refractivity contribution in [2.45, 2.75) is 32.7 Å². The van der Waals surface area contributed by atoms with E-state index in [0.29, 0.717) is 5.56 Å². The number of aromatic amines is 2. The lowest BCUT2D eigenvalue weighted by atomic mass is 10.0. The second-order valence-corrected chi connectivity index (χ2v) is 7.61. The zero-order chi connectivity index (χ0) is 22.7. The minimum atomic E-state index is -1.30. The molecule has 3 rings (SSSR count). The number of ether oxygens (including phenoxy) is 1. The fourth-order valence-electron chi connectivity index (χ4n) is 3.41. The number of aliphatic carboxylic acids is 1. The molecule has 0 aliphatic rings. The normalized spacial score (nSPS) is 12.1. The van der Waals surface area contributed by atoms with Crippen molar-refractivity contribution in [3.05, 3.63) is 63.0 Å². The molecule has 1 atom stereocenters. The molecule has 0 bridgehead atoms. The number of carboxylic acids is 1. The Morgan fingerprint density at radius 2 is 1.97 bits per heavy atom. The number of rotatable bonds is 8. The number of para-hydroxylation sites is 1. The minimum Gasteiger partial charge on any atom is -0.616 e. The van der Waals surface area contributed by atoms with Crippen molar-refractivity contribution >= 4 is 22.8 Å². The molecular weight excluding hydrogens is 404 g/mol. The molecule has 0 saturated heterocycles. The number of fused-ring (bicyclic) bond motifs is 1. The molecule has 10 nitrogen and oxygen atoms in total. The molecule has 10 heteroatoms. The molecule has 2 heterocycles. The van der Waals surface area contributed by atoms with E-state index in [4.69, 9.17) is 4.74 Å². The second kappa shape index (κ2) is 8.90. The maximum absolute atomic E-state index is 12.8. The number of methoxy groups -OCH3 is 1. The van der Waals surface area contributed by atoms with Crippen LogP contribution in [0.2, 0.25) is 0 Å². The van der Waals surface area contributed by atoms with Gasteiger partial charge < -0.3 is 30.3 Å². The molecule has 1 amide bonds. The Hall–Kier alpha value is -3.82. The predicted molar refractivity (Wildman–Crippen MR) is 112 cm³/mol. The van der Waals surface area contributed by atoms with Gasteiger partial charge in [0.25, 0.3) is 11.6 Å². The Bertz CT molecular complexity index is 1180. The van der Waals surface area contributed by atoms with Crippen LogP contribution in [0.15, 0.2) is 35.3 Å². The molecule has 164 valence electrons. The van der Waals surface area contributed by atoms with Crippen LogP contribution in [0.1, 0.15) is 35.6 Å². The van der Waals surface area contributed by atoms with Crippen LogP contribution in [0.3, 0.4) is 0 Å². The quantitative estimate of drug-likeness (QED) is 0.312. The summed E-state index contributed by atoms with van der Waals surface area (Å²) in [6, 6.07) is 6.08. The Balaban J connectivity index is 1.90. The van der Waals surface area contributed by atoms with Crippen molar-refractivity contribution in [3.63, 3.8) is 0 Å². The van der Waals surface area contributed by atoms with E-state index in [-0.39, 0.29) is 29.2 Å². The third-order valence-electron chi connectivity index (χ3n) is 4.87. The molecular formula is C21H24N4O6. The highest BCUT2D eigenvalue weighted by Crippen LogP contribution is 2.19. The van der Waals surface area contributed by atoms with Gasteiger partial charge in [0, 0.05) is 29.9 Å². The van der Waals surface area contributed by atoms with Crippen molar-refractivity contribution in [3.8, 4) is 5.88 Å². The van der Waals surface area contributed by atoms with Crippen molar-refractivity contribution in [2.24, 2.45) is 5.92 Å². The van der Waals surface area contributed by atoms with Gasteiger partial charge in [-0.15, -0.1) is 4.73 Å². The Morgan fingerprint density at radius 3 is 2.61 bits per heavy atom. The van der Waals surface area contributed by atoms with Crippen molar-refractivity contribution in [1.29, 1.82) is 0 Å². The molecule has 2 aromatic heterocycles. The molecule has 1 aromatic carbocycles. The number of aromatic nitrogens is 3. The Morgan fingerprint density at radius 1 is 1.26 bits per heavy atom. The zero-order valence-electron chi connectivity index (χ0n) is 17.4. The van der Waals surface area contributed by atoms with Gasteiger partial charge in [-0.1, -0.05) is 32.0 Å².